The lowest BCUT2D eigenvalue weighted by Gasteiger charge is -2.33. The molecule has 2 aromatic heterocycles. The molecule has 0 aliphatic carbocycles. The lowest BCUT2D eigenvalue weighted by Crippen LogP contribution is -2.40. The van der Waals surface area contributed by atoms with Crippen LogP contribution in [0.2, 0.25) is 0 Å². The first-order valence-corrected chi connectivity index (χ1v) is 11.5. The number of furan rings is 1. The molecule has 0 bridgehead atoms. The number of hydrogen-bond donors (Lipinski definition) is 1. The van der Waals surface area contributed by atoms with Gasteiger partial charge in [-0.3, -0.25) is 4.72 Å². The Hall–Kier alpha value is -3.21. The van der Waals surface area contributed by atoms with Crippen molar-refractivity contribution in [2.75, 3.05) is 29.3 Å². The predicted molar refractivity (Wildman–Crippen MR) is 114 cm³/mol. The summed E-state index contributed by atoms with van der Waals surface area (Å²) in [5.74, 6) is -3.11. The average Bonchev–Trinajstić information content (AvgIpc) is 3.18. The highest BCUT2D eigenvalue weighted by molar-refractivity contribution is 7.92. The topological polar surface area (TPSA) is 102 Å². The van der Waals surface area contributed by atoms with E-state index < -0.39 is 21.9 Å². The van der Waals surface area contributed by atoms with E-state index in [1.807, 2.05) is 0 Å². The van der Waals surface area contributed by atoms with Crippen molar-refractivity contribution in [1.29, 1.82) is 0 Å². The number of anilines is 2. The molecule has 170 valence electrons. The minimum atomic E-state index is -4.05. The number of nitrogens with zero attached hydrogens (tertiary/aromatic N) is 2. The number of halogens is 2. The van der Waals surface area contributed by atoms with E-state index in [2.05, 4.69) is 9.71 Å². The van der Waals surface area contributed by atoms with Crippen molar-refractivity contribution < 1.29 is 31.1 Å². The largest absolute Gasteiger partial charge is 0.460 e. The minimum Gasteiger partial charge on any atom is -0.460 e. The van der Waals surface area contributed by atoms with Gasteiger partial charge in [-0.05, 0) is 37.3 Å². The summed E-state index contributed by atoms with van der Waals surface area (Å²) in [4.78, 5) is 17.6. The fourth-order valence-electron chi connectivity index (χ4n) is 3.46. The summed E-state index contributed by atoms with van der Waals surface area (Å²) in [5, 5.41) is 0.545. The SMILES string of the molecule is CCOC(=O)c1cc2ccc(S(=O)(=O)Nc3cccnc3N3CCC(F)(F)CC3)cc2o1. The van der Waals surface area contributed by atoms with E-state index in [9.17, 15) is 22.0 Å². The molecular weight excluding hydrogens is 444 g/mol. The van der Waals surface area contributed by atoms with Crippen molar-refractivity contribution in [3.63, 3.8) is 0 Å². The van der Waals surface area contributed by atoms with Crippen LogP contribution in [-0.4, -0.2) is 45.0 Å². The molecule has 8 nitrogen and oxygen atoms in total. The number of rotatable bonds is 6. The van der Waals surface area contributed by atoms with E-state index in [-0.39, 0.29) is 60.3 Å². The zero-order valence-electron chi connectivity index (χ0n) is 17.2. The fourth-order valence-corrected chi connectivity index (χ4v) is 4.54. The second kappa shape index (κ2) is 8.38. The zero-order valence-corrected chi connectivity index (χ0v) is 18.0. The van der Waals surface area contributed by atoms with Gasteiger partial charge in [0.1, 0.15) is 5.58 Å². The van der Waals surface area contributed by atoms with Crippen LogP contribution >= 0.6 is 0 Å². The molecule has 1 fully saturated rings. The number of alkyl halides is 2. The highest BCUT2D eigenvalue weighted by Crippen LogP contribution is 2.33. The minimum absolute atomic E-state index is 0.0270. The van der Waals surface area contributed by atoms with Crippen LogP contribution in [0.25, 0.3) is 11.0 Å². The number of benzene rings is 1. The van der Waals surface area contributed by atoms with E-state index in [4.69, 9.17) is 9.15 Å². The van der Waals surface area contributed by atoms with E-state index in [0.717, 1.165) is 0 Å². The molecule has 1 aliphatic heterocycles. The van der Waals surface area contributed by atoms with Crippen molar-refractivity contribution >= 4 is 38.5 Å². The van der Waals surface area contributed by atoms with E-state index in [1.54, 1.807) is 17.9 Å². The van der Waals surface area contributed by atoms with Crippen LogP contribution in [0.1, 0.15) is 30.3 Å². The summed E-state index contributed by atoms with van der Waals surface area (Å²) in [5.41, 5.74) is 0.394. The number of piperidine rings is 1. The van der Waals surface area contributed by atoms with E-state index in [1.165, 1.54) is 36.5 Å². The van der Waals surface area contributed by atoms with Gasteiger partial charge in [-0.15, -0.1) is 0 Å². The third-order valence-corrected chi connectivity index (χ3v) is 6.47. The monoisotopic (exact) mass is 465 g/mol. The Morgan fingerprint density at radius 3 is 2.72 bits per heavy atom. The van der Waals surface area contributed by atoms with Crippen molar-refractivity contribution in [3.8, 4) is 0 Å². The maximum Gasteiger partial charge on any atom is 0.374 e. The Kier molecular flexibility index (Phi) is 5.76. The molecular formula is C21H21F2N3O5S. The number of ether oxygens (including phenoxy) is 1. The summed E-state index contributed by atoms with van der Waals surface area (Å²) < 4.78 is 65.9. The number of carbonyl (C=O) groups is 1. The quantitative estimate of drug-likeness (QED) is 0.548. The Morgan fingerprint density at radius 2 is 2.00 bits per heavy atom. The van der Waals surface area contributed by atoms with Gasteiger partial charge >= 0.3 is 5.97 Å². The lowest BCUT2D eigenvalue weighted by atomic mass is 10.1. The molecule has 3 aromatic rings. The Morgan fingerprint density at radius 1 is 1.25 bits per heavy atom. The summed E-state index contributed by atoms with van der Waals surface area (Å²) in [7, 11) is -4.05. The Bertz CT molecular complexity index is 1250. The number of fused-ring (bicyclic) bond motifs is 1. The first-order chi connectivity index (χ1) is 15.2. The molecule has 0 amide bonds. The summed E-state index contributed by atoms with van der Waals surface area (Å²) in [6, 6.07) is 8.76. The van der Waals surface area contributed by atoms with Gasteiger partial charge in [0, 0.05) is 43.6 Å². The number of hydrogen-bond acceptors (Lipinski definition) is 7. The lowest BCUT2D eigenvalue weighted by molar-refractivity contribution is -0.0221. The molecule has 0 radical (unpaired) electrons. The number of nitrogens with one attached hydrogen (secondary N) is 1. The maximum absolute atomic E-state index is 13.5. The standard InChI is InChI=1S/C21H21F2N3O5S/c1-2-30-20(27)18-12-14-5-6-15(13-17(14)31-18)32(28,29)25-16-4-3-9-24-19(16)26-10-7-21(22,23)8-11-26/h3-6,9,12-13,25H,2,7-8,10-11H2,1H3. The Labute approximate surface area is 183 Å². The van der Waals surface area contributed by atoms with Crippen LogP contribution in [0.15, 0.2) is 51.9 Å². The molecule has 1 aromatic carbocycles. The molecule has 32 heavy (non-hydrogen) atoms. The maximum atomic E-state index is 13.5. The number of aromatic nitrogens is 1. The van der Waals surface area contributed by atoms with Gasteiger partial charge in [0.15, 0.2) is 5.82 Å². The van der Waals surface area contributed by atoms with Gasteiger partial charge in [0.25, 0.3) is 15.9 Å². The molecule has 11 heteroatoms. The summed E-state index contributed by atoms with van der Waals surface area (Å²) >= 11 is 0. The molecule has 0 atom stereocenters. The summed E-state index contributed by atoms with van der Waals surface area (Å²) in [6.07, 6.45) is 0.827. The first kappa shape index (κ1) is 22.0. The predicted octanol–water partition coefficient (Wildman–Crippen LogP) is 4.04. The second-order valence-electron chi connectivity index (χ2n) is 7.35. The van der Waals surface area contributed by atoms with E-state index in [0.29, 0.717) is 5.39 Å². The van der Waals surface area contributed by atoms with Gasteiger partial charge in [-0.1, -0.05) is 0 Å². The average molecular weight is 465 g/mol. The highest BCUT2D eigenvalue weighted by atomic mass is 32.2. The van der Waals surface area contributed by atoms with Gasteiger partial charge < -0.3 is 14.1 Å². The number of esters is 1. The van der Waals surface area contributed by atoms with Crippen LogP contribution < -0.4 is 9.62 Å². The molecule has 0 saturated carbocycles. The van der Waals surface area contributed by atoms with Crippen LogP contribution in [0.4, 0.5) is 20.3 Å². The molecule has 1 N–H and O–H groups in total. The second-order valence-corrected chi connectivity index (χ2v) is 9.04. The van der Waals surface area contributed by atoms with Gasteiger partial charge in [-0.25, -0.2) is 27.0 Å². The zero-order chi connectivity index (χ0) is 22.9. The molecule has 0 spiro atoms. The van der Waals surface area contributed by atoms with Gasteiger partial charge in [0.2, 0.25) is 5.76 Å². The van der Waals surface area contributed by atoms with Crippen molar-refractivity contribution in [1.82, 2.24) is 4.98 Å². The molecule has 0 unspecified atom stereocenters. The normalized spacial score (nSPS) is 16.2. The number of carbonyl (C=O) groups excluding carboxylic acids is 1. The molecule has 3 heterocycles. The third kappa shape index (κ3) is 4.52. The van der Waals surface area contributed by atoms with Crippen LogP contribution in [0, 0.1) is 0 Å². The molecule has 1 saturated heterocycles. The van der Waals surface area contributed by atoms with Crippen LogP contribution in [-0.2, 0) is 14.8 Å². The fraction of sp³-hybridized carbons (Fsp3) is 0.333. The third-order valence-electron chi connectivity index (χ3n) is 5.10. The number of sulfonamides is 1. The van der Waals surface area contributed by atoms with Crippen molar-refractivity contribution in [2.24, 2.45) is 0 Å². The highest BCUT2D eigenvalue weighted by Gasteiger charge is 2.35. The van der Waals surface area contributed by atoms with Gasteiger partial charge in [-0.2, -0.15) is 0 Å². The Balaban J connectivity index is 1.60. The van der Waals surface area contributed by atoms with Crippen molar-refractivity contribution in [2.45, 2.75) is 30.6 Å². The molecule has 1 aliphatic rings. The van der Waals surface area contributed by atoms with Gasteiger partial charge in [0.05, 0.1) is 17.2 Å². The number of pyridine rings is 1. The van der Waals surface area contributed by atoms with E-state index >= 15 is 0 Å². The van der Waals surface area contributed by atoms with Crippen molar-refractivity contribution in [3.05, 3.63) is 48.4 Å². The smallest absolute Gasteiger partial charge is 0.374 e. The summed E-state index contributed by atoms with van der Waals surface area (Å²) in [6.45, 7) is 1.97. The first-order valence-electron chi connectivity index (χ1n) is 10.00. The van der Waals surface area contributed by atoms with Crippen LogP contribution in [0.3, 0.4) is 0 Å². The molecule has 4 rings (SSSR count). The van der Waals surface area contributed by atoms with Crippen LogP contribution in [0.5, 0.6) is 0 Å².